The van der Waals surface area contributed by atoms with E-state index in [4.69, 9.17) is 14.9 Å². The molecule has 0 spiro atoms. The van der Waals surface area contributed by atoms with Gasteiger partial charge in [-0.3, -0.25) is 0 Å². The molecular weight excluding hydrogens is 214 g/mol. The molecule has 2 N–H and O–H groups in total. The molecule has 3 heteroatoms. The first kappa shape index (κ1) is 10.4. The van der Waals surface area contributed by atoms with Gasteiger partial charge < -0.3 is 14.9 Å². The maximum atomic E-state index is 6.25. The smallest absolute Gasteiger partial charge is 0.122 e. The molecule has 0 fully saturated rings. The van der Waals surface area contributed by atoms with Gasteiger partial charge in [-0.05, 0) is 25.1 Å². The van der Waals surface area contributed by atoms with Crippen molar-refractivity contribution in [3.05, 3.63) is 53.5 Å². The SMILES string of the molecule is Cc1ccc(C(N)C2COc3ccccc32)o1. The number of rotatable bonds is 2. The van der Waals surface area contributed by atoms with Gasteiger partial charge in [0.15, 0.2) is 0 Å². The van der Waals surface area contributed by atoms with E-state index in [0.717, 1.165) is 17.3 Å². The zero-order chi connectivity index (χ0) is 11.8. The third kappa shape index (κ3) is 1.72. The molecule has 1 aliphatic heterocycles. The molecule has 2 unspecified atom stereocenters. The van der Waals surface area contributed by atoms with E-state index in [1.54, 1.807) is 0 Å². The molecule has 0 saturated carbocycles. The van der Waals surface area contributed by atoms with Gasteiger partial charge in [-0.1, -0.05) is 18.2 Å². The van der Waals surface area contributed by atoms with Crippen LogP contribution in [0.3, 0.4) is 0 Å². The highest BCUT2D eigenvalue weighted by Crippen LogP contribution is 2.40. The fraction of sp³-hybridized carbons (Fsp3) is 0.286. The lowest BCUT2D eigenvalue weighted by atomic mass is 9.92. The van der Waals surface area contributed by atoms with E-state index in [1.165, 1.54) is 5.56 Å². The molecule has 17 heavy (non-hydrogen) atoms. The molecule has 1 aromatic heterocycles. The summed E-state index contributed by atoms with van der Waals surface area (Å²) in [6.45, 7) is 2.55. The van der Waals surface area contributed by atoms with Gasteiger partial charge in [-0.15, -0.1) is 0 Å². The summed E-state index contributed by atoms with van der Waals surface area (Å²) in [5, 5.41) is 0. The van der Waals surface area contributed by atoms with Crippen LogP contribution in [0.15, 0.2) is 40.8 Å². The van der Waals surface area contributed by atoms with E-state index < -0.39 is 0 Å². The molecule has 2 heterocycles. The molecular formula is C14H15NO2. The number of hydrogen-bond donors (Lipinski definition) is 1. The zero-order valence-electron chi connectivity index (χ0n) is 9.72. The normalized spacial score (nSPS) is 19.8. The topological polar surface area (TPSA) is 48.4 Å². The minimum atomic E-state index is -0.146. The van der Waals surface area contributed by atoms with Crippen LogP contribution in [0, 0.1) is 6.92 Å². The third-order valence-electron chi connectivity index (χ3n) is 3.26. The number of fused-ring (bicyclic) bond motifs is 1. The van der Waals surface area contributed by atoms with Gasteiger partial charge in [0, 0.05) is 11.5 Å². The van der Waals surface area contributed by atoms with Gasteiger partial charge in [0.2, 0.25) is 0 Å². The molecule has 0 amide bonds. The molecule has 2 atom stereocenters. The van der Waals surface area contributed by atoms with Crippen molar-refractivity contribution in [2.45, 2.75) is 18.9 Å². The molecule has 0 saturated heterocycles. The lowest BCUT2D eigenvalue weighted by Crippen LogP contribution is -2.20. The van der Waals surface area contributed by atoms with Crippen molar-refractivity contribution in [1.29, 1.82) is 0 Å². The number of para-hydroxylation sites is 1. The first-order chi connectivity index (χ1) is 8.25. The Bertz CT molecular complexity index is 533. The maximum absolute atomic E-state index is 6.25. The molecule has 3 rings (SSSR count). The van der Waals surface area contributed by atoms with Crippen LogP contribution in [-0.4, -0.2) is 6.61 Å². The Morgan fingerprint density at radius 1 is 1.24 bits per heavy atom. The average Bonchev–Trinajstić information content (AvgIpc) is 2.94. The van der Waals surface area contributed by atoms with Crippen molar-refractivity contribution >= 4 is 0 Å². The summed E-state index contributed by atoms with van der Waals surface area (Å²) in [6, 6.07) is 11.8. The fourth-order valence-corrected chi connectivity index (χ4v) is 2.32. The van der Waals surface area contributed by atoms with Gasteiger partial charge in [0.1, 0.15) is 17.3 Å². The molecule has 1 aliphatic rings. The lowest BCUT2D eigenvalue weighted by Gasteiger charge is -2.15. The van der Waals surface area contributed by atoms with Crippen molar-refractivity contribution in [2.75, 3.05) is 6.61 Å². The number of nitrogens with two attached hydrogens (primary N) is 1. The van der Waals surface area contributed by atoms with Crippen molar-refractivity contribution in [3.63, 3.8) is 0 Å². The Balaban J connectivity index is 1.92. The Kier molecular flexibility index (Phi) is 2.41. The Morgan fingerprint density at radius 3 is 2.82 bits per heavy atom. The maximum Gasteiger partial charge on any atom is 0.122 e. The number of furan rings is 1. The summed E-state index contributed by atoms with van der Waals surface area (Å²) in [7, 11) is 0. The van der Waals surface area contributed by atoms with Gasteiger partial charge in [-0.2, -0.15) is 0 Å². The highest BCUT2D eigenvalue weighted by atomic mass is 16.5. The second-order valence-corrected chi connectivity index (χ2v) is 4.43. The minimum absolute atomic E-state index is 0.146. The summed E-state index contributed by atoms with van der Waals surface area (Å²) in [5.74, 6) is 2.84. The molecule has 1 aromatic carbocycles. The largest absolute Gasteiger partial charge is 0.493 e. The quantitative estimate of drug-likeness (QED) is 0.861. The molecule has 0 aliphatic carbocycles. The van der Waals surface area contributed by atoms with Gasteiger partial charge in [0.25, 0.3) is 0 Å². The van der Waals surface area contributed by atoms with E-state index in [-0.39, 0.29) is 12.0 Å². The predicted molar refractivity (Wildman–Crippen MR) is 65.1 cm³/mol. The average molecular weight is 229 g/mol. The van der Waals surface area contributed by atoms with E-state index >= 15 is 0 Å². The van der Waals surface area contributed by atoms with Crippen LogP contribution in [0.25, 0.3) is 0 Å². The Hall–Kier alpha value is -1.74. The summed E-state index contributed by atoms with van der Waals surface area (Å²) in [6.07, 6.45) is 0. The van der Waals surface area contributed by atoms with Crippen LogP contribution in [-0.2, 0) is 0 Å². The summed E-state index contributed by atoms with van der Waals surface area (Å²) in [5.41, 5.74) is 7.43. The number of ether oxygens (including phenoxy) is 1. The van der Waals surface area contributed by atoms with Crippen LogP contribution < -0.4 is 10.5 Å². The Morgan fingerprint density at radius 2 is 2.06 bits per heavy atom. The van der Waals surface area contributed by atoms with Crippen LogP contribution in [0.4, 0.5) is 0 Å². The second-order valence-electron chi connectivity index (χ2n) is 4.43. The van der Waals surface area contributed by atoms with Crippen molar-refractivity contribution < 1.29 is 9.15 Å². The van der Waals surface area contributed by atoms with E-state index in [0.29, 0.717) is 6.61 Å². The highest BCUT2D eigenvalue weighted by molar-refractivity contribution is 5.41. The number of benzene rings is 1. The molecule has 0 radical (unpaired) electrons. The summed E-state index contributed by atoms with van der Waals surface area (Å²) < 4.78 is 11.2. The second kappa shape index (κ2) is 3.93. The summed E-state index contributed by atoms with van der Waals surface area (Å²) >= 11 is 0. The van der Waals surface area contributed by atoms with Crippen LogP contribution in [0.1, 0.15) is 29.0 Å². The first-order valence-electron chi connectivity index (χ1n) is 5.79. The van der Waals surface area contributed by atoms with E-state index in [1.807, 2.05) is 37.3 Å². The third-order valence-corrected chi connectivity index (χ3v) is 3.26. The van der Waals surface area contributed by atoms with Gasteiger partial charge in [0.05, 0.1) is 12.6 Å². The monoisotopic (exact) mass is 229 g/mol. The molecule has 88 valence electrons. The van der Waals surface area contributed by atoms with Crippen molar-refractivity contribution in [2.24, 2.45) is 5.73 Å². The van der Waals surface area contributed by atoms with Crippen molar-refractivity contribution in [1.82, 2.24) is 0 Å². The fourth-order valence-electron chi connectivity index (χ4n) is 2.32. The van der Waals surface area contributed by atoms with Crippen LogP contribution in [0.2, 0.25) is 0 Å². The summed E-state index contributed by atoms with van der Waals surface area (Å²) in [4.78, 5) is 0. The van der Waals surface area contributed by atoms with Crippen LogP contribution >= 0.6 is 0 Å². The standard InChI is InChI=1S/C14H15NO2/c1-9-6-7-13(17-9)14(15)11-8-16-12-5-3-2-4-10(11)12/h2-7,11,14H,8,15H2,1H3. The zero-order valence-corrected chi connectivity index (χ0v) is 9.72. The van der Waals surface area contributed by atoms with E-state index in [2.05, 4.69) is 6.07 Å². The molecule has 3 nitrogen and oxygen atoms in total. The molecule has 0 bridgehead atoms. The van der Waals surface area contributed by atoms with Gasteiger partial charge >= 0.3 is 0 Å². The van der Waals surface area contributed by atoms with Crippen molar-refractivity contribution in [3.8, 4) is 5.75 Å². The lowest BCUT2D eigenvalue weighted by molar-refractivity contribution is 0.301. The van der Waals surface area contributed by atoms with E-state index in [9.17, 15) is 0 Å². The number of aryl methyl sites for hydroxylation is 1. The minimum Gasteiger partial charge on any atom is -0.493 e. The van der Waals surface area contributed by atoms with Gasteiger partial charge in [-0.25, -0.2) is 0 Å². The Labute approximate surface area is 100 Å². The number of hydrogen-bond acceptors (Lipinski definition) is 3. The first-order valence-corrected chi connectivity index (χ1v) is 5.79. The predicted octanol–water partition coefficient (Wildman–Crippen LogP) is 2.76. The van der Waals surface area contributed by atoms with Crippen LogP contribution in [0.5, 0.6) is 5.75 Å². The highest BCUT2D eigenvalue weighted by Gasteiger charge is 2.31. The molecule has 2 aromatic rings.